The van der Waals surface area contributed by atoms with Gasteiger partial charge in [-0.15, -0.1) is 0 Å². The number of sulfonamides is 1. The molecule has 1 saturated heterocycles. The molecule has 1 aromatic heterocycles. The van der Waals surface area contributed by atoms with E-state index >= 15 is 0 Å². The molecule has 7 heteroatoms. The van der Waals surface area contributed by atoms with Crippen molar-refractivity contribution in [2.45, 2.75) is 57.4 Å². The third-order valence-electron chi connectivity index (χ3n) is 5.30. The van der Waals surface area contributed by atoms with E-state index < -0.39 is 10.0 Å². The predicted molar refractivity (Wildman–Crippen MR) is 92.2 cm³/mol. The summed E-state index contributed by atoms with van der Waals surface area (Å²) < 4.78 is 28.9. The minimum Gasteiger partial charge on any atom is -0.294 e. The third-order valence-corrected chi connectivity index (χ3v) is 7.39. The van der Waals surface area contributed by atoms with Crippen molar-refractivity contribution in [1.82, 2.24) is 14.1 Å². The summed E-state index contributed by atoms with van der Waals surface area (Å²) in [5.74, 6) is 0.525. The van der Waals surface area contributed by atoms with Gasteiger partial charge in [0.15, 0.2) is 5.78 Å². The lowest BCUT2D eigenvalue weighted by Gasteiger charge is -2.27. The highest BCUT2D eigenvalue weighted by atomic mass is 32.2. The Bertz CT molecular complexity index is 677. The molecule has 1 saturated carbocycles. The summed E-state index contributed by atoms with van der Waals surface area (Å²) in [6.07, 6.45) is 10.7. The highest BCUT2D eigenvalue weighted by Gasteiger charge is 2.36. The van der Waals surface area contributed by atoms with Crippen LogP contribution in [0.3, 0.4) is 0 Å². The summed E-state index contributed by atoms with van der Waals surface area (Å²) in [6.45, 7) is 0.556. The second-order valence-corrected chi connectivity index (χ2v) is 9.19. The van der Waals surface area contributed by atoms with E-state index in [1.807, 2.05) is 0 Å². The van der Waals surface area contributed by atoms with Crippen LogP contribution in [-0.4, -0.2) is 46.6 Å². The predicted octanol–water partition coefficient (Wildman–Crippen LogP) is 2.37. The number of Topliss-reactive ketones (excluding diaryl/α,β-unsaturated/α-hetero) is 1. The molecule has 0 radical (unpaired) electrons. The van der Waals surface area contributed by atoms with Gasteiger partial charge in [-0.2, -0.15) is 9.40 Å². The van der Waals surface area contributed by atoms with Crippen LogP contribution >= 0.6 is 0 Å². The van der Waals surface area contributed by atoms with Crippen LogP contribution in [0.4, 0.5) is 0 Å². The fourth-order valence-corrected chi connectivity index (χ4v) is 6.19. The average Bonchev–Trinajstić information content (AvgIpc) is 3.17. The molecule has 0 aromatic carbocycles. The molecule has 6 nitrogen and oxygen atoms in total. The summed E-state index contributed by atoms with van der Waals surface area (Å²) >= 11 is 0. The molecule has 2 fully saturated rings. The molecule has 134 valence electrons. The highest BCUT2D eigenvalue weighted by Crippen LogP contribution is 2.30. The molecule has 3 rings (SSSR count). The molecule has 2 heterocycles. The second kappa shape index (κ2) is 7.35. The minimum absolute atomic E-state index is 0.0205. The summed E-state index contributed by atoms with van der Waals surface area (Å²) in [5.41, 5.74) is 0.564. The molecule has 2 aliphatic rings. The number of hydrogen-bond donors (Lipinski definition) is 0. The van der Waals surface area contributed by atoms with Crippen LogP contribution in [-0.2, 0) is 17.1 Å². The van der Waals surface area contributed by atoms with Crippen LogP contribution < -0.4 is 0 Å². The number of aryl methyl sites for hydroxylation is 1. The Balaban J connectivity index is 1.64. The number of nitrogens with zero attached hydrogens (tertiary/aromatic N) is 3. The highest BCUT2D eigenvalue weighted by molar-refractivity contribution is 7.89. The number of rotatable bonds is 6. The maximum absolute atomic E-state index is 12.8. The molecule has 1 aromatic rings. The van der Waals surface area contributed by atoms with Crippen LogP contribution in [0.1, 0.15) is 61.7 Å². The molecule has 1 atom stereocenters. The monoisotopic (exact) mass is 353 g/mol. The van der Waals surface area contributed by atoms with Gasteiger partial charge in [-0.05, 0) is 31.6 Å². The Morgan fingerprint density at radius 1 is 1.21 bits per heavy atom. The van der Waals surface area contributed by atoms with Crippen molar-refractivity contribution in [3.8, 4) is 0 Å². The van der Waals surface area contributed by atoms with Gasteiger partial charge in [-0.3, -0.25) is 9.48 Å². The normalized spacial score (nSPS) is 23.6. The van der Waals surface area contributed by atoms with Gasteiger partial charge in [-0.1, -0.05) is 19.3 Å². The molecular weight excluding hydrogens is 326 g/mol. The van der Waals surface area contributed by atoms with Gasteiger partial charge >= 0.3 is 0 Å². The first-order valence-corrected chi connectivity index (χ1v) is 10.6. The van der Waals surface area contributed by atoms with Crippen molar-refractivity contribution < 1.29 is 13.2 Å². The molecule has 24 heavy (non-hydrogen) atoms. The Hall–Kier alpha value is -1.21. The zero-order valence-electron chi connectivity index (χ0n) is 14.4. The van der Waals surface area contributed by atoms with Crippen molar-refractivity contribution in [2.24, 2.45) is 13.0 Å². The average molecular weight is 353 g/mol. The van der Waals surface area contributed by atoms with Crippen molar-refractivity contribution in [1.29, 1.82) is 0 Å². The number of aromatic nitrogens is 2. The van der Waals surface area contributed by atoms with E-state index in [2.05, 4.69) is 5.10 Å². The summed E-state index contributed by atoms with van der Waals surface area (Å²) in [5, 5.41) is 4.02. The summed E-state index contributed by atoms with van der Waals surface area (Å²) in [6, 6.07) is -0.189. The van der Waals surface area contributed by atoms with Crippen LogP contribution in [0.15, 0.2) is 12.4 Å². The molecule has 1 aliphatic carbocycles. The van der Waals surface area contributed by atoms with Gasteiger partial charge in [0, 0.05) is 32.3 Å². The first kappa shape index (κ1) is 17.6. The largest absolute Gasteiger partial charge is 0.294 e. The van der Waals surface area contributed by atoms with E-state index in [0.29, 0.717) is 18.0 Å². The maximum atomic E-state index is 12.8. The lowest BCUT2D eigenvalue weighted by molar-refractivity contribution is 0.0961. The van der Waals surface area contributed by atoms with Crippen LogP contribution in [0.25, 0.3) is 0 Å². The Morgan fingerprint density at radius 3 is 2.62 bits per heavy atom. The topological polar surface area (TPSA) is 72.3 Å². The van der Waals surface area contributed by atoms with E-state index in [1.54, 1.807) is 28.4 Å². The Labute approximate surface area is 144 Å². The Morgan fingerprint density at radius 2 is 1.96 bits per heavy atom. The molecule has 0 bridgehead atoms. The second-order valence-electron chi connectivity index (χ2n) is 7.22. The summed E-state index contributed by atoms with van der Waals surface area (Å²) in [7, 11) is -1.50. The molecule has 0 amide bonds. The number of hydrogen-bond acceptors (Lipinski definition) is 4. The van der Waals surface area contributed by atoms with E-state index in [0.717, 1.165) is 38.5 Å². The van der Waals surface area contributed by atoms with Crippen LogP contribution in [0.2, 0.25) is 0 Å². The Kier molecular flexibility index (Phi) is 5.39. The first-order chi connectivity index (χ1) is 11.5. The third kappa shape index (κ3) is 4.06. The van der Waals surface area contributed by atoms with Crippen molar-refractivity contribution in [3.05, 3.63) is 18.0 Å². The number of carbonyl (C=O) groups excluding carboxylic acids is 1. The smallest absolute Gasteiger partial charge is 0.214 e. The number of carbonyl (C=O) groups is 1. The first-order valence-electron chi connectivity index (χ1n) is 8.97. The standard InChI is InChI=1S/C17H27N3O3S/c1-19-12-15(11-18-19)17(21)10-16-8-5-9-20(16)24(22,23)13-14-6-3-2-4-7-14/h11-12,14,16H,2-10,13H2,1H3. The van der Waals surface area contributed by atoms with E-state index in [4.69, 9.17) is 0 Å². The van der Waals surface area contributed by atoms with Gasteiger partial charge in [0.05, 0.1) is 17.5 Å². The van der Waals surface area contributed by atoms with Crippen molar-refractivity contribution in [3.63, 3.8) is 0 Å². The van der Waals surface area contributed by atoms with Gasteiger partial charge in [0.25, 0.3) is 0 Å². The molecule has 0 spiro atoms. The van der Waals surface area contributed by atoms with E-state index in [9.17, 15) is 13.2 Å². The van der Waals surface area contributed by atoms with E-state index in [1.165, 1.54) is 6.42 Å². The van der Waals surface area contributed by atoms with Gasteiger partial charge in [-0.25, -0.2) is 8.42 Å². The van der Waals surface area contributed by atoms with Gasteiger partial charge in [0.2, 0.25) is 10.0 Å². The SMILES string of the molecule is Cn1cc(C(=O)CC2CCCN2S(=O)(=O)CC2CCCCC2)cn1. The lowest BCUT2D eigenvalue weighted by atomic mass is 9.91. The van der Waals surface area contributed by atoms with Gasteiger partial charge < -0.3 is 0 Å². The maximum Gasteiger partial charge on any atom is 0.214 e. The molecule has 1 aliphatic heterocycles. The van der Waals surface area contributed by atoms with Crippen LogP contribution in [0.5, 0.6) is 0 Å². The van der Waals surface area contributed by atoms with Crippen molar-refractivity contribution in [2.75, 3.05) is 12.3 Å². The number of ketones is 1. The minimum atomic E-state index is -3.27. The fraction of sp³-hybridized carbons (Fsp3) is 0.765. The summed E-state index contributed by atoms with van der Waals surface area (Å²) in [4.78, 5) is 12.4. The lowest BCUT2D eigenvalue weighted by Crippen LogP contribution is -2.40. The zero-order chi connectivity index (χ0) is 17.2. The van der Waals surface area contributed by atoms with E-state index in [-0.39, 0.29) is 24.0 Å². The molecular formula is C17H27N3O3S. The fourth-order valence-electron chi connectivity index (χ4n) is 4.02. The van der Waals surface area contributed by atoms with Gasteiger partial charge in [0.1, 0.15) is 0 Å². The van der Waals surface area contributed by atoms with Crippen molar-refractivity contribution >= 4 is 15.8 Å². The molecule has 1 unspecified atom stereocenters. The van der Waals surface area contributed by atoms with Crippen LogP contribution in [0, 0.1) is 5.92 Å². The molecule has 0 N–H and O–H groups in total. The zero-order valence-corrected chi connectivity index (χ0v) is 15.2. The quantitative estimate of drug-likeness (QED) is 0.736.